The Labute approximate surface area is 187 Å². The number of rotatable bonds is 9. The Morgan fingerprint density at radius 3 is 2.45 bits per heavy atom. The summed E-state index contributed by atoms with van der Waals surface area (Å²) < 4.78 is 5.90. The monoisotopic (exact) mass is 434 g/mol. The van der Waals surface area contributed by atoms with Gasteiger partial charge < -0.3 is 14.9 Å². The molecule has 0 bridgehead atoms. The Morgan fingerprint density at radius 2 is 1.84 bits per heavy atom. The van der Waals surface area contributed by atoms with Gasteiger partial charge in [-0.1, -0.05) is 50.3 Å². The van der Waals surface area contributed by atoms with E-state index in [-0.39, 0.29) is 35.3 Å². The van der Waals surface area contributed by atoms with Crippen LogP contribution in [0.1, 0.15) is 92.9 Å². The molecule has 2 rings (SSSR count). The van der Waals surface area contributed by atoms with E-state index in [4.69, 9.17) is 4.74 Å². The van der Waals surface area contributed by atoms with E-state index in [0.29, 0.717) is 25.7 Å². The van der Waals surface area contributed by atoms with Crippen molar-refractivity contribution in [2.24, 2.45) is 17.3 Å². The number of unbranched alkanes of at least 4 members (excludes halogenated alkanes) is 2. The van der Waals surface area contributed by atoms with E-state index in [1.165, 1.54) is 5.57 Å². The number of aliphatic hydroxyl groups excluding tert-OH is 2. The van der Waals surface area contributed by atoms with Gasteiger partial charge in [-0.25, -0.2) is 0 Å². The molecule has 2 aliphatic rings. The van der Waals surface area contributed by atoms with Crippen molar-refractivity contribution >= 4 is 11.8 Å². The van der Waals surface area contributed by atoms with Gasteiger partial charge in [-0.3, -0.25) is 9.59 Å². The van der Waals surface area contributed by atoms with Crippen molar-refractivity contribution in [2.45, 2.75) is 111 Å². The van der Waals surface area contributed by atoms with Crippen LogP contribution in [0.25, 0.3) is 0 Å². The lowest BCUT2D eigenvalue weighted by Gasteiger charge is -2.47. The summed E-state index contributed by atoms with van der Waals surface area (Å²) in [5.41, 5.74) is 2.97. The fraction of sp³-hybridized carbons (Fsp3) is 0.769. The number of Topliss-reactive ketones (excluding diaryl/α,β-unsaturated/α-hetero) is 1. The molecular formula is C26H42O5. The first-order chi connectivity index (χ1) is 14.5. The molecule has 0 aromatic heterocycles. The Morgan fingerprint density at radius 1 is 1.19 bits per heavy atom. The molecule has 5 nitrogen and oxygen atoms in total. The minimum Gasteiger partial charge on any atom is -0.461 e. The van der Waals surface area contributed by atoms with Crippen molar-refractivity contribution in [1.29, 1.82) is 0 Å². The molecule has 0 spiro atoms. The summed E-state index contributed by atoms with van der Waals surface area (Å²) in [6, 6.07) is 0. The van der Waals surface area contributed by atoms with Crippen LogP contribution in [0.3, 0.4) is 0 Å². The predicted molar refractivity (Wildman–Crippen MR) is 122 cm³/mol. The lowest BCUT2D eigenvalue weighted by Crippen LogP contribution is -2.45. The molecule has 6 atom stereocenters. The van der Waals surface area contributed by atoms with Gasteiger partial charge in [-0.05, 0) is 57.9 Å². The van der Waals surface area contributed by atoms with Crippen molar-refractivity contribution in [3.63, 3.8) is 0 Å². The van der Waals surface area contributed by atoms with Gasteiger partial charge in [0.2, 0.25) is 0 Å². The molecule has 5 heteroatoms. The molecule has 0 heterocycles. The zero-order valence-corrected chi connectivity index (χ0v) is 20.2. The molecule has 2 N–H and O–H groups in total. The number of ketones is 1. The maximum absolute atomic E-state index is 12.8. The van der Waals surface area contributed by atoms with Gasteiger partial charge in [0.25, 0.3) is 0 Å². The van der Waals surface area contributed by atoms with Gasteiger partial charge in [0.1, 0.15) is 6.10 Å². The second-order valence-corrected chi connectivity index (χ2v) is 10.2. The molecule has 176 valence electrons. The van der Waals surface area contributed by atoms with Gasteiger partial charge >= 0.3 is 5.97 Å². The van der Waals surface area contributed by atoms with Crippen LogP contribution in [-0.4, -0.2) is 40.3 Å². The molecule has 31 heavy (non-hydrogen) atoms. The van der Waals surface area contributed by atoms with Crippen molar-refractivity contribution in [1.82, 2.24) is 0 Å². The van der Waals surface area contributed by atoms with E-state index in [2.05, 4.69) is 19.9 Å². The molecule has 0 aromatic carbocycles. The van der Waals surface area contributed by atoms with Crippen molar-refractivity contribution < 1.29 is 24.5 Å². The van der Waals surface area contributed by atoms with E-state index in [1.807, 2.05) is 13.8 Å². The average Bonchev–Trinajstić information content (AvgIpc) is 2.70. The Kier molecular flexibility index (Phi) is 9.08. The van der Waals surface area contributed by atoms with Crippen LogP contribution in [0.4, 0.5) is 0 Å². The summed E-state index contributed by atoms with van der Waals surface area (Å²) in [6.45, 7) is 11.8. The van der Waals surface area contributed by atoms with Gasteiger partial charge in [-0.15, -0.1) is 0 Å². The van der Waals surface area contributed by atoms with E-state index in [0.717, 1.165) is 36.8 Å². The summed E-state index contributed by atoms with van der Waals surface area (Å²) >= 11 is 0. The molecule has 0 saturated heterocycles. The Bertz CT molecular complexity index is 715. The highest BCUT2D eigenvalue weighted by Gasteiger charge is 2.47. The molecule has 2 aliphatic carbocycles. The number of allylic oxidation sites excluding steroid dienone is 3. The summed E-state index contributed by atoms with van der Waals surface area (Å²) in [7, 11) is 0. The third-order valence-corrected chi connectivity index (χ3v) is 7.57. The highest BCUT2D eigenvalue weighted by atomic mass is 16.5. The van der Waals surface area contributed by atoms with Crippen LogP contribution >= 0.6 is 0 Å². The Hall–Kier alpha value is -1.46. The van der Waals surface area contributed by atoms with Gasteiger partial charge in [-0.2, -0.15) is 0 Å². The molecule has 0 radical (unpaired) electrons. The van der Waals surface area contributed by atoms with Crippen LogP contribution in [-0.2, 0) is 14.3 Å². The largest absolute Gasteiger partial charge is 0.461 e. The molecule has 1 saturated carbocycles. The smallest absolute Gasteiger partial charge is 0.311 e. The molecule has 0 aromatic rings. The number of fused-ring (bicyclic) bond motifs is 1. The van der Waals surface area contributed by atoms with Gasteiger partial charge in [0, 0.05) is 18.8 Å². The first-order valence-corrected chi connectivity index (χ1v) is 11.9. The number of ether oxygens (including phenoxy) is 1. The quantitative estimate of drug-likeness (QED) is 0.233. The number of carbonyl (C=O) groups is 2. The fourth-order valence-electron chi connectivity index (χ4n) is 4.93. The standard InChI is InChI=1S/C26H42O5/c1-16(2)21-15-26(6)19(5)24(13-12-20(26)14-23(21)29)31-25(30)18(4)22(28)11-9-7-8-10-17(3)27/h12,17-19,22,24,27-28H,7-11,13-15H2,1-6H3. The third-order valence-electron chi connectivity index (χ3n) is 7.57. The molecule has 1 fully saturated rings. The van der Waals surface area contributed by atoms with Crippen molar-refractivity contribution in [2.75, 3.05) is 0 Å². The highest BCUT2D eigenvalue weighted by molar-refractivity contribution is 5.99. The third kappa shape index (κ3) is 6.29. The first kappa shape index (κ1) is 25.8. The molecule has 6 unspecified atom stereocenters. The minimum absolute atomic E-state index is 0.101. The van der Waals surface area contributed by atoms with Crippen LogP contribution < -0.4 is 0 Å². The maximum Gasteiger partial charge on any atom is 0.311 e. The number of hydrogen-bond donors (Lipinski definition) is 2. The minimum atomic E-state index is -0.718. The highest BCUT2D eigenvalue weighted by Crippen LogP contribution is 2.52. The summed E-state index contributed by atoms with van der Waals surface area (Å²) in [5, 5.41) is 19.8. The van der Waals surface area contributed by atoms with Crippen molar-refractivity contribution in [3.05, 3.63) is 22.8 Å². The average molecular weight is 435 g/mol. The first-order valence-electron chi connectivity index (χ1n) is 11.9. The van der Waals surface area contributed by atoms with E-state index in [9.17, 15) is 19.8 Å². The Balaban J connectivity index is 1.95. The zero-order chi connectivity index (χ0) is 23.3. The normalized spacial score (nSPS) is 29.0. The van der Waals surface area contributed by atoms with Crippen LogP contribution in [0.15, 0.2) is 22.8 Å². The SMILES string of the molecule is CC(C)=C1CC2(C)C(=CCC(OC(=O)C(C)C(O)CCCCCC(C)O)C2C)CC1=O. The van der Waals surface area contributed by atoms with Gasteiger partial charge in [0.15, 0.2) is 5.78 Å². The number of esters is 1. The number of hydrogen-bond acceptors (Lipinski definition) is 5. The number of aliphatic hydroxyl groups is 2. The van der Waals surface area contributed by atoms with Crippen molar-refractivity contribution in [3.8, 4) is 0 Å². The van der Waals surface area contributed by atoms with E-state index >= 15 is 0 Å². The van der Waals surface area contributed by atoms with Gasteiger partial charge in [0.05, 0.1) is 18.1 Å². The molecular weight excluding hydrogens is 392 g/mol. The van der Waals surface area contributed by atoms with E-state index in [1.54, 1.807) is 13.8 Å². The lowest BCUT2D eigenvalue weighted by atomic mass is 9.58. The fourth-order valence-corrected chi connectivity index (χ4v) is 4.93. The second kappa shape index (κ2) is 10.9. The molecule has 0 aliphatic heterocycles. The van der Waals surface area contributed by atoms with Crippen LogP contribution in [0.2, 0.25) is 0 Å². The predicted octanol–water partition coefficient (Wildman–Crippen LogP) is 4.90. The lowest BCUT2D eigenvalue weighted by molar-refractivity contribution is -0.162. The summed E-state index contributed by atoms with van der Waals surface area (Å²) in [5.74, 6) is -0.591. The number of carbonyl (C=O) groups excluding carboxylic acids is 2. The summed E-state index contributed by atoms with van der Waals surface area (Å²) in [4.78, 5) is 25.3. The summed E-state index contributed by atoms with van der Waals surface area (Å²) in [6.07, 6.45) is 6.64. The molecule has 0 amide bonds. The zero-order valence-electron chi connectivity index (χ0n) is 20.2. The topological polar surface area (TPSA) is 83.8 Å². The van der Waals surface area contributed by atoms with E-state index < -0.39 is 12.0 Å². The maximum atomic E-state index is 12.8. The van der Waals surface area contributed by atoms with Crippen LogP contribution in [0.5, 0.6) is 0 Å². The van der Waals surface area contributed by atoms with Crippen LogP contribution in [0, 0.1) is 17.3 Å². The second-order valence-electron chi connectivity index (χ2n) is 10.2.